The molecule has 0 atom stereocenters. The number of carbonyl (C=O) groups is 1. The van der Waals surface area contributed by atoms with Crippen molar-refractivity contribution in [2.75, 3.05) is 12.3 Å². The summed E-state index contributed by atoms with van der Waals surface area (Å²) in [5.74, 6) is -0.0201. The molecule has 1 aromatic rings. The molecule has 0 aliphatic heterocycles. The van der Waals surface area contributed by atoms with E-state index in [1.165, 1.54) is 6.07 Å². The quantitative estimate of drug-likeness (QED) is 0.621. The molecular weight excluding hydrogens is 228 g/mol. The molecule has 4 heteroatoms. The Kier molecular flexibility index (Phi) is 3.75. The number of aromatic hydroxyl groups is 1. The third-order valence-corrected chi connectivity index (χ3v) is 3.28. The van der Waals surface area contributed by atoms with Crippen molar-refractivity contribution >= 4 is 11.6 Å². The van der Waals surface area contributed by atoms with Crippen LogP contribution in [0, 0.1) is 0 Å². The summed E-state index contributed by atoms with van der Waals surface area (Å²) in [6.45, 7) is 2.91. The molecule has 0 unspecified atom stereocenters. The van der Waals surface area contributed by atoms with Gasteiger partial charge in [0.15, 0.2) is 0 Å². The van der Waals surface area contributed by atoms with Crippen molar-refractivity contribution in [2.45, 2.75) is 38.6 Å². The van der Waals surface area contributed by atoms with Crippen LogP contribution in [0.3, 0.4) is 0 Å². The van der Waals surface area contributed by atoms with Gasteiger partial charge in [-0.15, -0.1) is 0 Å². The molecule has 0 spiro atoms. The second-order valence-corrected chi connectivity index (χ2v) is 4.86. The van der Waals surface area contributed by atoms with E-state index in [4.69, 9.17) is 5.73 Å². The van der Waals surface area contributed by atoms with Gasteiger partial charge < -0.3 is 15.7 Å². The maximum Gasteiger partial charge on any atom is 0.254 e. The van der Waals surface area contributed by atoms with Crippen LogP contribution in [0.4, 0.5) is 5.69 Å². The molecule has 0 saturated heterocycles. The second-order valence-electron chi connectivity index (χ2n) is 4.86. The summed E-state index contributed by atoms with van der Waals surface area (Å²) in [7, 11) is 0. The topological polar surface area (TPSA) is 66.6 Å². The largest absolute Gasteiger partial charge is 0.506 e. The highest BCUT2D eigenvalue weighted by atomic mass is 16.3. The van der Waals surface area contributed by atoms with Gasteiger partial charge in [-0.3, -0.25) is 4.79 Å². The van der Waals surface area contributed by atoms with Crippen LogP contribution in [0.25, 0.3) is 0 Å². The van der Waals surface area contributed by atoms with E-state index in [-0.39, 0.29) is 11.7 Å². The van der Waals surface area contributed by atoms with E-state index in [1.54, 1.807) is 12.1 Å². The third kappa shape index (κ3) is 2.75. The van der Waals surface area contributed by atoms with Gasteiger partial charge in [-0.25, -0.2) is 0 Å². The Morgan fingerprint density at radius 2 is 2.22 bits per heavy atom. The summed E-state index contributed by atoms with van der Waals surface area (Å²) in [6.07, 6.45) is 4.28. The molecule has 1 aromatic carbocycles. The van der Waals surface area contributed by atoms with Crippen LogP contribution in [0.5, 0.6) is 5.75 Å². The first kappa shape index (κ1) is 12.7. The minimum Gasteiger partial charge on any atom is -0.506 e. The van der Waals surface area contributed by atoms with Gasteiger partial charge >= 0.3 is 0 Å². The van der Waals surface area contributed by atoms with Crippen molar-refractivity contribution in [2.24, 2.45) is 0 Å². The highest BCUT2D eigenvalue weighted by Gasteiger charge is 2.32. The van der Waals surface area contributed by atoms with E-state index in [1.807, 2.05) is 4.90 Å². The van der Waals surface area contributed by atoms with Gasteiger partial charge in [-0.1, -0.05) is 13.3 Å². The Hall–Kier alpha value is -1.71. The van der Waals surface area contributed by atoms with Crippen molar-refractivity contribution < 1.29 is 9.90 Å². The Labute approximate surface area is 107 Å². The van der Waals surface area contributed by atoms with Crippen LogP contribution >= 0.6 is 0 Å². The van der Waals surface area contributed by atoms with Crippen LogP contribution < -0.4 is 5.73 Å². The Morgan fingerprint density at radius 3 is 2.78 bits per heavy atom. The number of hydrogen-bond donors (Lipinski definition) is 2. The fourth-order valence-corrected chi connectivity index (χ4v) is 2.01. The fraction of sp³-hybridized carbons (Fsp3) is 0.500. The van der Waals surface area contributed by atoms with Crippen molar-refractivity contribution in [1.82, 2.24) is 4.90 Å². The molecule has 3 N–H and O–H groups in total. The van der Waals surface area contributed by atoms with Crippen LogP contribution in [-0.2, 0) is 0 Å². The molecule has 98 valence electrons. The van der Waals surface area contributed by atoms with E-state index in [0.717, 1.165) is 32.2 Å². The van der Waals surface area contributed by atoms with E-state index in [2.05, 4.69) is 6.92 Å². The van der Waals surface area contributed by atoms with Gasteiger partial charge in [0.2, 0.25) is 0 Å². The number of amides is 1. The summed E-state index contributed by atoms with van der Waals surface area (Å²) in [5.41, 5.74) is 6.36. The summed E-state index contributed by atoms with van der Waals surface area (Å²) >= 11 is 0. The Morgan fingerprint density at radius 1 is 1.50 bits per heavy atom. The lowest BCUT2D eigenvalue weighted by molar-refractivity contribution is 0.0740. The van der Waals surface area contributed by atoms with Crippen molar-refractivity contribution in [3.05, 3.63) is 23.8 Å². The fourth-order valence-electron chi connectivity index (χ4n) is 2.01. The predicted molar refractivity (Wildman–Crippen MR) is 71.5 cm³/mol. The van der Waals surface area contributed by atoms with Gasteiger partial charge in [0, 0.05) is 18.2 Å². The monoisotopic (exact) mass is 248 g/mol. The van der Waals surface area contributed by atoms with Gasteiger partial charge in [-0.2, -0.15) is 0 Å². The van der Waals surface area contributed by atoms with Gasteiger partial charge in [0.05, 0.1) is 5.69 Å². The number of hydrogen-bond acceptors (Lipinski definition) is 3. The predicted octanol–water partition coefficient (Wildman–Crippen LogP) is 2.38. The first-order valence-electron chi connectivity index (χ1n) is 6.53. The second kappa shape index (κ2) is 5.29. The molecular formula is C14H20N2O2. The number of unbranched alkanes of at least 4 members (excludes halogenated alkanes) is 1. The lowest BCUT2D eigenvalue weighted by atomic mass is 10.1. The van der Waals surface area contributed by atoms with Gasteiger partial charge in [0.1, 0.15) is 5.75 Å². The zero-order valence-electron chi connectivity index (χ0n) is 10.7. The third-order valence-electron chi connectivity index (χ3n) is 3.28. The average molecular weight is 248 g/mol. The number of phenolic OH excluding ortho intramolecular Hbond substituents is 1. The standard InChI is InChI=1S/C14H20N2O2/c1-2-3-8-16(11-5-6-11)14(18)10-4-7-12(15)13(17)9-10/h4,7,9,11,17H,2-3,5-6,8,15H2,1H3. The van der Waals surface area contributed by atoms with E-state index in [0.29, 0.717) is 17.3 Å². The number of nitrogens with zero attached hydrogens (tertiary/aromatic N) is 1. The summed E-state index contributed by atoms with van der Waals surface area (Å²) in [4.78, 5) is 14.3. The number of phenols is 1. The maximum atomic E-state index is 12.4. The SMILES string of the molecule is CCCCN(C(=O)c1ccc(N)c(O)c1)C1CC1. The minimum atomic E-state index is -0.0212. The molecule has 2 rings (SSSR count). The van der Waals surface area contributed by atoms with E-state index < -0.39 is 0 Å². The van der Waals surface area contributed by atoms with Crippen molar-refractivity contribution in [3.63, 3.8) is 0 Å². The first-order chi connectivity index (χ1) is 8.63. The highest BCUT2D eigenvalue weighted by molar-refractivity contribution is 5.95. The minimum absolute atomic E-state index is 0.00116. The van der Waals surface area contributed by atoms with E-state index in [9.17, 15) is 9.90 Å². The lowest BCUT2D eigenvalue weighted by Gasteiger charge is -2.22. The Balaban J connectivity index is 2.13. The zero-order valence-corrected chi connectivity index (χ0v) is 10.7. The molecule has 1 aliphatic carbocycles. The highest BCUT2D eigenvalue weighted by Crippen LogP contribution is 2.30. The molecule has 1 aliphatic rings. The number of anilines is 1. The van der Waals surface area contributed by atoms with Crippen LogP contribution in [-0.4, -0.2) is 28.5 Å². The molecule has 0 radical (unpaired) electrons. The molecule has 0 heterocycles. The summed E-state index contributed by atoms with van der Waals surface area (Å²) < 4.78 is 0. The van der Waals surface area contributed by atoms with Crippen molar-refractivity contribution in [1.29, 1.82) is 0 Å². The molecule has 1 fully saturated rings. The van der Waals surface area contributed by atoms with Crippen LogP contribution in [0.2, 0.25) is 0 Å². The number of rotatable bonds is 5. The van der Waals surface area contributed by atoms with Crippen molar-refractivity contribution in [3.8, 4) is 5.75 Å². The maximum absolute atomic E-state index is 12.4. The van der Waals surface area contributed by atoms with Gasteiger partial charge in [0.25, 0.3) is 5.91 Å². The molecule has 18 heavy (non-hydrogen) atoms. The number of nitrogen functional groups attached to an aromatic ring is 1. The molecule has 0 aromatic heterocycles. The average Bonchev–Trinajstić information content (AvgIpc) is 3.17. The molecule has 0 bridgehead atoms. The lowest BCUT2D eigenvalue weighted by Crippen LogP contribution is -2.34. The Bertz CT molecular complexity index is 441. The molecule has 4 nitrogen and oxygen atoms in total. The number of carbonyl (C=O) groups excluding carboxylic acids is 1. The smallest absolute Gasteiger partial charge is 0.254 e. The van der Waals surface area contributed by atoms with Crippen LogP contribution in [0.15, 0.2) is 18.2 Å². The number of nitrogens with two attached hydrogens (primary N) is 1. The zero-order chi connectivity index (χ0) is 13.1. The molecule has 1 saturated carbocycles. The summed E-state index contributed by atoms with van der Waals surface area (Å²) in [6, 6.07) is 5.11. The van der Waals surface area contributed by atoms with Gasteiger partial charge in [-0.05, 0) is 37.5 Å². The number of benzene rings is 1. The molecule has 1 amide bonds. The van der Waals surface area contributed by atoms with E-state index >= 15 is 0 Å². The van der Waals surface area contributed by atoms with Crippen LogP contribution in [0.1, 0.15) is 43.0 Å². The first-order valence-corrected chi connectivity index (χ1v) is 6.53. The summed E-state index contributed by atoms with van der Waals surface area (Å²) in [5, 5.41) is 9.57. The normalized spacial score (nSPS) is 14.5.